The van der Waals surface area contributed by atoms with Crippen molar-refractivity contribution in [2.75, 3.05) is 26.5 Å². The van der Waals surface area contributed by atoms with Crippen molar-refractivity contribution >= 4 is 29.3 Å². The molecule has 154 valence electrons. The molecule has 2 amide bonds. The van der Waals surface area contributed by atoms with Crippen molar-refractivity contribution in [2.45, 2.75) is 25.3 Å². The summed E-state index contributed by atoms with van der Waals surface area (Å²) in [6.45, 7) is 0. The first-order valence-electron chi connectivity index (χ1n) is 9.43. The minimum Gasteiger partial charge on any atom is -0.497 e. The van der Waals surface area contributed by atoms with E-state index in [0.717, 1.165) is 12.8 Å². The number of methoxy groups -OCH3 is 1. The van der Waals surface area contributed by atoms with Gasteiger partial charge >= 0.3 is 5.95 Å². The Labute approximate surface area is 169 Å². The third kappa shape index (κ3) is 4.62. The van der Waals surface area contributed by atoms with Gasteiger partial charge in [0.2, 0.25) is 0 Å². The van der Waals surface area contributed by atoms with Crippen LogP contribution in [0, 0.1) is 5.92 Å². The Hall–Kier alpha value is -3.20. The number of likely N-dealkylation sites (N-methyl/N-ethyl adjacent to an activating group) is 1. The average Bonchev–Trinajstić information content (AvgIpc) is 3.50. The van der Waals surface area contributed by atoms with Crippen molar-refractivity contribution in [1.82, 2.24) is 14.5 Å². The highest BCUT2D eigenvalue weighted by molar-refractivity contribution is 5.98. The van der Waals surface area contributed by atoms with Crippen LogP contribution in [0.2, 0.25) is 0 Å². The van der Waals surface area contributed by atoms with Crippen molar-refractivity contribution in [1.29, 1.82) is 0 Å². The third-order valence-corrected chi connectivity index (χ3v) is 5.25. The van der Waals surface area contributed by atoms with Crippen molar-refractivity contribution < 1.29 is 14.3 Å². The minimum absolute atomic E-state index is 0.0810. The summed E-state index contributed by atoms with van der Waals surface area (Å²) in [6.07, 6.45) is 4.27. The van der Waals surface area contributed by atoms with Crippen LogP contribution in [0.4, 0.5) is 17.5 Å². The normalized spacial score (nSPS) is 14.9. The molecule has 1 aliphatic carbocycles. The smallest absolute Gasteiger partial charge is 0.331 e. The molecule has 1 heterocycles. The monoisotopic (exact) mass is 399 g/mol. The van der Waals surface area contributed by atoms with E-state index in [9.17, 15) is 9.59 Å². The van der Waals surface area contributed by atoms with Gasteiger partial charge in [-0.1, -0.05) is 6.07 Å². The number of nitrogens with one attached hydrogen (secondary N) is 1. The SMILES string of the molecule is COc1cccc(Nc2nc([N+](C)(C)C(CC3CC3)C(N)=O)ncc2C(N)=O)c1. The highest BCUT2D eigenvalue weighted by atomic mass is 16.5. The van der Waals surface area contributed by atoms with E-state index in [4.69, 9.17) is 16.2 Å². The summed E-state index contributed by atoms with van der Waals surface area (Å²) in [5, 5.41) is 3.10. The number of hydrogen-bond acceptors (Lipinski definition) is 6. The Morgan fingerprint density at radius 1 is 1.31 bits per heavy atom. The Balaban J connectivity index is 1.98. The summed E-state index contributed by atoms with van der Waals surface area (Å²) < 4.78 is 5.31. The molecule has 29 heavy (non-hydrogen) atoms. The first kappa shape index (κ1) is 20.5. The van der Waals surface area contributed by atoms with E-state index in [1.807, 2.05) is 26.2 Å². The molecule has 1 atom stereocenters. The fraction of sp³-hybridized carbons (Fsp3) is 0.400. The largest absolute Gasteiger partial charge is 0.497 e. The van der Waals surface area contributed by atoms with Crippen LogP contribution in [0.3, 0.4) is 0 Å². The number of nitrogens with two attached hydrogens (primary N) is 2. The fourth-order valence-electron chi connectivity index (χ4n) is 3.27. The van der Waals surface area contributed by atoms with Crippen molar-refractivity contribution in [3.05, 3.63) is 36.0 Å². The molecular weight excluding hydrogens is 372 g/mol. The standard InChI is InChI=1S/C20H26N6O3/c1-26(2,16(18(22)28)9-12-7-8-12)20-23-11-15(17(21)27)19(25-20)24-13-5-4-6-14(10-13)29-3/h4-6,10-12,16H,7-9H2,1-3H3,(H4-,21,22,23,24,25,27,28)/p+1. The number of ether oxygens (including phenoxy) is 1. The average molecular weight is 399 g/mol. The second-order valence-electron chi connectivity index (χ2n) is 7.79. The van der Waals surface area contributed by atoms with Crippen molar-refractivity contribution in [3.63, 3.8) is 0 Å². The maximum Gasteiger partial charge on any atom is 0.331 e. The van der Waals surface area contributed by atoms with Gasteiger partial charge in [0.25, 0.3) is 11.8 Å². The van der Waals surface area contributed by atoms with E-state index in [1.165, 1.54) is 6.20 Å². The van der Waals surface area contributed by atoms with Crippen LogP contribution in [-0.4, -0.2) is 49.0 Å². The number of carbonyl (C=O) groups is 2. The second kappa shape index (κ2) is 8.04. The van der Waals surface area contributed by atoms with Gasteiger partial charge in [-0.3, -0.25) is 14.1 Å². The second-order valence-corrected chi connectivity index (χ2v) is 7.79. The predicted octanol–water partition coefficient (Wildman–Crippen LogP) is 1.55. The van der Waals surface area contributed by atoms with Crippen molar-refractivity contribution in [2.24, 2.45) is 17.4 Å². The van der Waals surface area contributed by atoms with Crippen LogP contribution < -0.4 is 26.0 Å². The number of hydrogen-bond donors (Lipinski definition) is 3. The first-order valence-corrected chi connectivity index (χ1v) is 9.43. The van der Waals surface area contributed by atoms with E-state index in [-0.39, 0.29) is 15.9 Å². The van der Waals surface area contributed by atoms with Crippen LogP contribution in [0.5, 0.6) is 5.75 Å². The zero-order valence-electron chi connectivity index (χ0n) is 16.9. The molecule has 9 nitrogen and oxygen atoms in total. The van der Waals surface area contributed by atoms with Gasteiger partial charge in [0.05, 0.1) is 27.4 Å². The van der Waals surface area contributed by atoms with Gasteiger partial charge in [-0.15, -0.1) is 0 Å². The molecule has 1 saturated carbocycles. The lowest BCUT2D eigenvalue weighted by Crippen LogP contribution is -2.57. The fourth-order valence-corrected chi connectivity index (χ4v) is 3.27. The summed E-state index contributed by atoms with van der Waals surface area (Å²) in [4.78, 5) is 32.9. The summed E-state index contributed by atoms with van der Waals surface area (Å²) in [5.41, 5.74) is 12.0. The first-order chi connectivity index (χ1) is 13.7. The van der Waals surface area contributed by atoms with Crippen molar-refractivity contribution in [3.8, 4) is 5.75 Å². The van der Waals surface area contributed by atoms with Crippen LogP contribution in [0.1, 0.15) is 29.6 Å². The molecule has 5 N–H and O–H groups in total. The minimum atomic E-state index is -0.656. The number of rotatable bonds is 9. The Bertz CT molecular complexity index is 926. The number of quaternary nitrogens is 1. The lowest BCUT2D eigenvalue weighted by Gasteiger charge is -2.33. The summed E-state index contributed by atoms with van der Waals surface area (Å²) in [7, 11) is 5.25. The molecule has 1 aromatic heterocycles. The third-order valence-electron chi connectivity index (χ3n) is 5.25. The van der Waals surface area contributed by atoms with Gasteiger partial charge in [0.1, 0.15) is 11.3 Å². The number of anilines is 2. The Morgan fingerprint density at radius 3 is 2.62 bits per heavy atom. The van der Waals surface area contributed by atoms with E-state index >= 15 is 0 Å². The molecule has 9 heteroatoms. The number of amides is 2. The lowest BCUT2D eigenvalue weighted by atomic mass is 10.1. The summed E-state index contributed by atoms with van der Waals surface area (Å²) >= 11 is 0. The van der Waals surface area contributed by atoms with E-state index in [1.54, 1.807) is 19.2 Å². The van der Waals surface area contributed by atoms with Crippen LogP contribution in [-0.2, 0) is 4.79 Å². The molecule has 1 fully saturated rings. The molecule has 0 aliphatic heterocycles. The maximum absolute atomic E-state index is 12.2. The van der Waals surface area contributed by atoms with E-state index in [2.05, 4.69) is 15.3 Å². The van der Waals surface area contributed by atoms with E-state index < -0.39 is 17.9 Å². The highest BCUT2D eigenvalue weighted by Gasteiger charge is 2.42. The maximum atomic E-state index is 12.2. The lowest BCUT2D eigenvalue weighted by molar-refractivity contribution is -0.122. The van der Waals surface area contributed by atoms with Gasteiger partial charge in [-0.05, 0) is 30.9 Å². The highest BCUT2D eigenvalue weighted by Crippen LogP contribution is 2.36. The van der Waals surface area contributed by atoms with Gasteiger partial charge in [0, 0.05) is 18.2 Å². The van der Waals surface area contributed by atoms with Gasteiger partial charge < -0.3 is 21.5 Å². The zero-order chi connectivity index (χ0) is 21.2. The number of nitrogens with zero attached hydrogens (tertiary/aromatic N) is 3. The summed E-state index contributed by atoms with van der Waals surface area (Å²) in [5.74, 6) is 0.730. The van der Waals surface area contributed by atoms with E-state index in [0.29, 0.717) is 29.7 Å². The predicted molar refractivity (Wildman–Crippen MR) is 111 cm³/mol. The van der Waals surface area contributed by atoms with Gasteiger partial charge in [-0.25, -0.2) is 0 Å². The number of benzene rings is 1. The molecule has 1 aliphatic rings. The molecule has 0 bridgehead atoms. The Kier molecular flexibility index (Phi) is 5.69. The molecule has 0 saturated heterocycles. The van der Waals surface area contributed by atoms with Gasteiger partial charge in [0.15, 0.2) is 11.9 Å². The topological polar surface area (TPSA) is 133 Å². The molecule has 1 unspecified atom stereocenters. The Morgan fingerprint density at radius 2 is 2.03 bits per heavy atom. The number of primary amides is 2. The summed E-state index contributed by atoms with van der Waals surface area (Å²) in [6, 6.07) is 6.74. The molecule has 3 rings (SSSR count). The number of carbonyl (C=O) groups excluding carboxylic acids is 2. The molecule has 0 radical (unpaired) electrons. The molecule has 0 spiro atoms. The van der Waals surface area contributed by atoms with Crippen LogP contribution >= 0.6 is 0 Å². The zero-order valence-corrected chi connectivity index (χ0v) is 16.9. The van der Waals surface area contributed by atoms with Gasteiger partial charge in [-0.2, -0.15) is 9.97 Å². The molecule has 1 aromatic carbocycles. The van der Waals surface area contributed by atoms with Crippen LogP contribution in [0.15, 0.2) is 30.5 Å². The number of aromatic nitrogens is 2. The molecular formula is C20H27N6O3+. The molecule has 2 aromatic rings. The van der Waals surface area contributed by atoms with Crippen LogP contribution in [0.25, 0.3) is 0 Å². The quantitative estimate of drug-likeness (QED) is 0.548.